The van der Waals surface area contributed by atoms with Gasteiger partial charge in [-0.25, -0.2) is 4.18 Å². The number of hydrogen-bond donors (Lipinski definition) is 7. The molecule has 8 atom stereocenters. The van der Waals surface area contributed by atoms with Crippen LogP contribution in [0.5, 0.6) is 0 Å². The topological polar surface area (TPSA) is 212 Å². The molecule has 1 rings (SSSR count). The highest BCUT2D eigenvalue weighted by Gasteiger charge is 2.48. The Hall–Kier alpha value is -1.20. The number of rotatable bonds is 51. The molecule has 416 valence electrons. The monoisotopic (exact) mass is 1020 g/mol. The van der Waals surface area contributed by atoms with E-state index in [0.717, 1.165) is 38.5 Å². The van der Waals surface area contributed by atoms with Gasteiger partial charge in [0.1, 0.15) is 30.5 Å². The largest absolute Gasteiger partial charge is 0.397 e. The predicted octanol–water partition coefficient (Wildman–Crippen LogP) is 12.4. The molecule has 1 heterocycles. The van der Waals surface area contributed by atoms with Gasteiger partial charge in [-0.15, -0.1) is 0 Å². The van der Waals surface area contributed by atoms with Gasteiger partial charge in [-0.05, 0) is 19.3 Å². The molecule has 1 saturated heterocycles. The molecule has 70 heavy (non-hydrogen) atoms. The van der Waals surface area contributed by atoms with E-state index in [9.17, 15) is 43.3 Å². The minimum atomic E-state index is -5.12. The zero-order valence-electron chi connectivity index (χ0n) is 44.7. The quantitative estimate of drug-likeness (QED) is 0.0172. The molecule has 0 radical (unpaired) electrons. The van der Waals surface area contributed by atoms with Crippen molar-refractivity contribution in [3.05, 3.63) is 12.2 Å². The average molecular weight is 1020 g/mol. The van der Waals surface area contributed by atoms with Crippen molar-refractivity contribution in [2.45, 2.75) is 326 Å². The predicted molar refractivity (Wildman–Crippen MR) is 284 cm³/mol. The molecule has 0 bridgehead atoms. The molecule has 0 aromatic carbocycles. The summed E-state index contributed by atoms with van der Waals surface area (Å²) in [6.07, 6.45) is 42.9. The molecule has 1 amide bonds. The Morgan fingerprint density at radius 2 is 0.929 bits per heavy atom. The van der Waals surface area contributed by atoms with E-state index in [1.165, 1.54) is 205 Å². The van der Waals surface area contributed by atoms with Crippen molar-refractivity contribution in [3.8, 4) is 0 Å². The maximum absolute atomic E-state index is 13.2. The molecule has 13 nitrogen and oxygen atoms in total. The number of nitrogens with one attached hydrogen (secondary N) is 1. The van der Waals surface area contributed by atoms with Gasteiger partial charge in [-0.1, -0.05) is 270 Å². The molecule has 1 aliphatic heterocycles. The zero-order chi connectivity index (χ0) is 51.3. The van der Waals surface area contributed by atoms with Crippen LogP contribution in [0.15, 0.2) is 12.2 Å². The first-order valence-corrected chi connectivity index (χ1v) is 30.5. The third-order valence-electron chi connectivity index (χ3n) is 14.2. The molecule has 1 fully saturated rings. The lowest BCUT2D eigenvalue weighted by atomic mass is 9.99. The fraction of sp³-hybridized carbons (Fsp3) is 0.946. The molecule has 0 spiro atoms. The van der Waals surface area contributed by atoms with E-state index in [-0.39, 0.29) is 6.42 Å². The zero-order valence-corrected chi connectivity index (χ0v) is 45.5. The lowest BCUT2D eigenvalue weighted by Gasteiger charge is -2.41. The van der Waals surface area contributed by atoms with Gasteiger partial charge in [0.05, 0.1) is 25.4 Å². The number of allylic oxidation sites excluding steroid dienone is 1. The maximum atomic E-state index is 13.2. The first-order valence-electron chi connectivity index (χ1n) is 29.2. The Morgan fingerprint density at radius 3 is 1.29 bits per heavy atom. The van der Waals surface area contributed by atoms with Gasteiger partial charge in [0.15, 0.2) is 6.29 Å². The van der Waals surface area contributed by atoms with Crippen LogP contribution in [0.2, 0.25) is 0 Å². The number of carbonyl (C=O) groups is 1. The number of aliphatic hydroxyl groups is 5. The van der Waals surface area contributed by atoms with Crippen molar-refractivity contribution in [1.82, 2.24) is 5.32 Å². The summed E-state index contributed by atoms with van der Waals surface area (Å²) in [7, 11) is -5.12. The van der Waals surface area contributed by atoms with Crippen LogP contribution in [0.4, 0.5) is 0 Å². The average Bonchev–Trinajstić information content (AvgIpc) is 3.33. The van der Waals surface area contributed by atoms with Gasteiger partial charge in [0.25, 0.3) is 0 Å². The van der Waals surface area contributed by atoms with Crippen LogP contribution in [0, 0.1) is 0 Å². The number of ether oxygens (including phenoxy) is 2. The van der Waals surface area contributed by atoms with Crippen LogP contribution in [-0.4, -0.2) is 107 Å². The van der Waals surface area contributed by atoms with Gasteiger partial charge in [0.2, 0.25) is 5.91 Å². The summed E-state index contributed by atoms with van der Waals surface area (Å²) in [6, 6.07) is -1.12. The molecule has 0 aliphatic carbocycles. The summed E-state index contributed by atoms with van der Waals surface area (Å²) in [6.45, 7) is 3.28. The fourth-order valence-corrected chi connectivity index (χ4v) is 10.1. The van der Waals surface area contributed by atoms with Crippen LogP contribution in [0.1, 0.15) is 277 Å². The Morgan fingerprint density at radius 1 is 0.571 bits per heavy atom. The normalized spacial score (nSPS) is 20.0. The second-order valence-electron chi connectivity index (χ2n) is 20.7. The summed E-state index contributed by atoms with van der Waals surface area (Å²) < 4.78 is 47.8. The minimum absolute atomic E-state index is 0.249. The summed E-state index contributed by atoms with van der Waals surface area (Å²) in [5, 5.41) is 55.6. The molecule has 1 aliphatic rings. The second kappa shape index (κ2) is 46.3. The van der Waals surface area contributed by atoms with Crippen LogP contribution in [0.3, 0.4) is 0 Å². The summed E-state index contributed by atoms with van der Waals surface area (Å²) in [5.41, 5.74) is 0. The van der Waals surface area contributed by atoms with Gasteiger partial charge in [-0.2, -0.15) is 8.42 Å². The molecular weight excluding hydrogens is 911 g/mol. The van der Waals surface area contributed by atoms with E-state index in [2.05, 4.69) is 23.3 Å². The first kappa shape index (κ1) is 66.8. The van der Waals surface area contributed by atoms with E-state index in [0.29, 0.717) is 12.8 Å². The molecule has 14 heteroatoms. The molecule has 7 N–H and O–H groups in total. The summed E-state index contributed by atoms with van der Waals surface area (Å²) in [4.78, 5) is 13.2. The first-order chi connectivity index (χ1) is 33.9. The molecule has 8 unspecified atom stereocenters. The number of unbranched alkanes of at least 4 members (excludes halogenated alkanes) is 38. The Kier molecular flexibility index (Phi) is 44.2. The number of carbonyl (C=O) groups excluding carboxylic acids is 1. The second-order valence-corrected chi connectivity index (χ2v) is 21.8. The lowest BCUT2D eigenvalue weighted by Crippen LogP contribution is -2.61. The third kappa shape index (κ3) is 37.5. The van der Waals surface area contributed by atoms with Gasteiger partial charge < -0.3 is 40.3 Å². The highest BCUT2D eigenvalue weighted by molar-refractivity contribution is 7.80. The van der Waals surface area contributed by atoms with Gasteiger partial charge >= 0.3 is 10.4 Å². The molecule has 0 aromatic heterocycles. The standard InChI is InChI=1S/C56H109NO12S/c1-3-5-7-9-11-13-15-17-19-21-23-25-27-28-30-32-34-36-38-40-42-44-49(59)48(47-67-56-53(62)54(69-70(64,65)66)52(61)51(46-58)68-56)57-55(63)50(60)45-43-41-39-37-35-33-31-29-26-24-22-20-18-16-14-12-10-8-6-4-2/h42,44,48-54,56,58-62H,3-41,43,45-47H2,1-2H3,(H,57,63)(H,64,65,66)/b44-42+. The Balaban J connectivity index is 2.43. The minimum Gasteiger partial charge on any atom is -0.394 e. The van der Waals surface area contributed by atoms with Crippen molar-refractivity contribution in [3.63, 3.8) is 0 Å². The third-order valence-corrected chi connectivity index (χ3v) is 14.6. The van der Waals surface area contributed by atoms with Crippen molar-refractivity contribution in [1.29, 1.82) is 0 Å². The highest BCUT2D eigenvalue weighted by atomic mass is 32.3. The van der Waals surface area contributed by atoms with Gasteiger partial charge in [-0.3, -0.25) is 9.35 Å². The van der Waals surface area contributed by atoms with E-state index >= 15 is 0 Å². The fourth-order valence-electron chi connectivity index (χ4n) is 9.58. The molecular formula is C56H109NO12S. The van der Waals surface area contributed by atoms with Crippen molar-refractivity contribution < 1.29 is 57.0 Å². The smallest absolute Gasteiger partial charge is 0.394 e. The van der Waals surface area contributed by atoms with E-state index < -0.39 is 78.5 Å². The van der Waals surface area contributed by atoms with Crippen LogP contribution in [0.25, 0.3) is 0 Å². The number of hydrogen-bond acceptors (Lipinski definition) is 11. The van der Waals surface area contributed by atoms with Gasteiger partial charge in [0, 0.05) is 0 Å². The number of amides is 1. The van der Waals surface area contributed by atoms with E-state index in [1.807, 2.05) is 6.08 Å². The van der Waals surface area contributed by atoms with E-state index in [4.69, 9.17) is 9.47 Å². The SMILES string of the molecule is CCCCCCCCCCCCCCCCCCCCC/C=C/C(O)C(COC1OC(CO)C(O)C(OS(=O)(=O)O)C1O)NC(=O)C(O)CCCCCCCCCCCCCCCCCCCCCC. The van der Waals surface area contributed by atoms with Crippen molar-refractivity contribution in [2.24, 2.45) is 0 Å². The van der Waals surface area contributed by atoms with Crippen LogP contribution < -0.4 is 5.32 Å². The van der Waals surface area contributed by atoms with Crippen molar-refractivity contribution >= 4 is 16.3 Å². The summed E-state index contributed by atoms with van der Waals surface area (Å²) in [5.74, 6) is -0.695. The lowest BCUT2D eigenvalue weighted by molar-refractivity contribution is -0.298. The number of aliphatic hydroxyl groups excluding tert-OH is 5. The molecule has 0 saturated carbocycles. The van der Waals surface area contributed by atoms with Crippen LogP contribution in [-0.2, 0) is 28.9 Å². The maximum Gasteiger partial charge on any atom is 0.397 e. The molecule has 0 aromatic rings. The Labute approximate surface area is 428 Å². The Bertz CT molecular complexity index is 1310. The van der Waals surface area contributed by atoms with Crippen LogP contribution >= 0.6 is 0 Å². The summed E-state index contributed by atoms with van der Waals surface area (Å²) >= 11 is 0. The highest BCUT2D eigenvalue weighted by Crippen LogP contribution is 2.26. The van der Waals surface area contributed by atoms with Crippen molar-refractivity contribution in [2.75, 3.05) is 13.2 Å². The van der Waals surface area contributed by atoms with E-state index in [1.54, 1.807) is 6.08 Å².